The van der Waals surface area contributed by atoms with E-state index in [1.807, 2.05) is 12.2 Å². The van der Waals surface area contributed by atoms with Crippen molar-refractivity contribution in [2.24, 2.45) is 0 Å². The van der Waals surface area contributed by atoms with Gasteiger partial charge in [-0.3, -0.25) is 0 Å². The van der Waals surface area contributed by atoms with Gasteiger partial charge in [0.05, 0.1) is 5.56 Å². The van der Waals surface area contributed by atoms with Crippen molar-refractivity contribution in [3.05, 3.63) is 61.2 Å². The molecule has 0 aliphatic rings. The molecule has 0 N–H and O–H groups in total. The zero-order chi connectivity index (χ0) is 17.9. The van der Waals surface area contributed by atoms with E-state index in [0.29, 0.717) is 0 Å². The first-order valence-electron chi connectivity index (χ1n) is 7.25. The summed E-state index contributed by atoms with van der Waals surface area (Å²) >= 11 is 2.29. The van der Waals surface area contributed by atoms with Crippen molar-refractivity contribution in [1.82, 2.24) is 0 Å². The van der Waals surface area contributed by atoms with Gasteiger partial charge in [0.15, 0.2) is 0 Å². The van der Waals surface area contributed by atoms with Crippen molar-refractivity contribution < 1.29 is 13.2 Å². The maximum absolute atomic E-state index is 11.8. The van der Waals surface area contributed by atoms with Gasteiger partial charge in [0, 0.05) is 0 Å². The third kappa shape index (κ3) is 24.3. The first-order valence-corrected chi connectivity index (χ1v) is 8.77. The molecule has 0 atom stereocenters. The van der Waals surface area contributed by atoms with Gasteiger partial charge in [-0.15, -0.1) is 13.2 Å². The molecule has 0 amide bonds. The van der Waals surface area contributed by atoms with E-state index in [1.54, 1.807) is 6.07 Å². The van der Waals surface area contributed by atoms with Crippen LogP contribution < -0.4 is 0 Å². The van der Waals surface area contributed by atoms with E-state index < -0.39 is 11.7 Å². The van der Waals surface area contributed by atoms with Gasteiger partial charge in [-0.1, -0.05) is 92.3 Å². The van der Waals surface area contributed by atoms with Gasteiger partial charge >= 0.3 is 6.18 Å². The first-order chi connectivity index (χ1) is 10.3. The van der Waals surface area contributed by atoms with Crippen LogP contribution in [0.25, 0.3) is 0 Å². The number of halogens is 4. The summed E-state index contributed by atoms with van der Waals surface area (Å²) in [5.74, 6) is 0. The average Bonchev–Trinajstić information content (AvgIpc) is 2.50. The summed E-state index contributed by atoms with van der Waals surface area (Å²) in [4.78, 5) is 0. The van der Waals surface area contributed by atoms with Crippen molar-refractivity contribution in [3.8, 4) is 0 Å². The Balaban J connectivity index is -0.000000255. The van der Waals surface area contributed by atoms with Gasteiger partial charge in [-0.2, -0.15) is 13.2 Å². The van der Waals surface area contributed by atoms with Crippen LogP contribution in [0.15, 0.2) is 55.6 Å². The molecular formula is C18H28F3I. The molecule has 0 aromatic heterocycles. The van der Waals surface area contributed by atoms with Crippen LogP contribution in [0.1, 0.15) is 45.6 Å². The Morgan fingerprint density at radius 1 is 1.00 bits per heavy atom. The second-order valence-electron chi connectivity index (χ2n) is 3.91. The highest BCUT2D eigenvalue weighted by Gasteiger charge is 2.29. The fourth-order valence-electron chi connectivity index (χ4n) is 0.831. The van der Waals surface area contributed by atoms with Crippen LogP contribution >= 0.6 is 22.6 Å². The molecule has 4 heteroatoms. The maximum atomic E-state index is 11.8. The van der Waals surface area contributed by atoms with E-state index in [2.05, 4.69) is 56.5 Å². The monoisotopic (exact) mass is 428 g/mol. The predicted octanol–water partition coefficient (Wildman–Crippen LogP) is 7.70. The molecule has 22 heavy (non-hydrogen) atoms. The molecule has 0 spiro atoms. The molecule has 0 saturated heterocycles. The Labute approximate surface area is 147 Å². The Kier molecular flexibility index (Phi) is 24.0. The Bertz CT molecular complexity index is 332. The van der Waals surface area contributed by atoms with E-state index in [1.165, 1.54) is 23.0 Å². The van der Waals surface area contributed by atoms with Gasteiger partial charge in [0.1, 0.15) is 0 Å². The van der Waals surface area contributed by atoms with Crippen molar-refractivity contribution in [1.29, 1.82) is 0 Å². The second kappa shape index (κ2) is 20.2. The van der Waals surface area contributed by atoms with Gasteiger partial charge in [0.25, 0.3) is 0 Å². The summed E-state index contributed by atoms with van der Waals surface area (Å²) < 4.78 is 36.6. The van der Waals surface area contributed by atoms with E-state index in [0.717, 1.165) is 25.0 Å². The Morgan fingerprint density at radius 2 is 1.41 bits per heavy atom. The summed E-state index contributed by atoms with van der Waals surface area (Å²) in [5.41, 5.74) is -0.602. The van der Waals surface area contributed by atoms with E-state index in [9.17, 15) is 13.2 Å². The molecule has 1 aromatic rings. The number of benzene rings is 1. The zero-order valence-electron chi connectivity index (χ0n) is 13.8. The summed E-state index contributed by atoms with van der Waals surface area (Å²) in [6.45, 7) is 13.3. The van der Waals surface area contributed by atoms with Crippen LogP contribution in [0.5, 0.6) is 0 Å². The first kappa shape index (κ1) is 26.1. The third-order valence-electron chi connectivity index (χ3n) is 1.88. The minimum atomic E-state index is -4.21. The molecular weight excluding hydrogens is 400 g/mol. The van der Waals surface area contributed by atoms with E-state index >= 15 is 0 Å². The minimum Gasteiger partial charge on any atom is -0.166 e. The van der Waals surface area contributed by atoms with Crippen LogP contribution in [-0.4, -0.2) is 4.43 Å². The molecule has 0 fully saturated rings. The molecule has 1 aromatic carbocycles. The van der Waals surface area contributed by atoms with Gasteiger partial charge in [-0.25, -0.2) is 0 Å². The number of rotatable bonds is 3. The quantitative estimate of drug-likeness (QED) is 0.263. The van der Waals surface area contributed by atoms with Crippen LogP contribution in [-0.2, 0) is 6.18 Å². The van der Waals surface area contributed by atoms with E-state index in [4.69, 9.17) is 0 Å². The van der Waals surface area contributed by atoms with Crippen LogP contribution in [0.2, 0.25) is 0 Å². The summed E-state index contributed by atoms with van der Waals surface area (Å²) in [6.07, 6.45) is 3.06. The molecule has 0 heterocycles. The van der Waals surface area contributed by atoms with Crippen molar-refractivity contribution in [2.75, 3.05) is 4.43 Å². The second-order valence-corrected chi connectivity index (χ2v) is 5.43. The fraction of sp³-hybridized carbons (Fsp3) is 0.444. The summed E-state index contributed by atoms with van der Waals surface area (Å²) in [6, 6.07) is 6.36. The molecule has 1 rings (SSSR count). The SMILES string of the molecule is C=CCC.C=CCCC.CCI.FC(F)(F)c1ccccc1. The minimum absolute atomic E-state index is 0.602. The van der Waals surface area contributed by atoms with Crippen LogP contribution in [0.3, 0.4) is 0 Å². The third-order valence-corrected chi connectivity index (χ3v) is 1.88. The Hall–Kier alpha value is -0.780. The smallest absolute Gasteiger partial charge is 0.166 e. The van der Waals surface area contributed by atoms with Crippen molar-refractivity contribution >= 4 is 22.6 Å². The van der Waals surface area contributed by atoms with E-state index in [-0.39, 0.29) is 0 Å². The van der Waals surface area contributed by atoms with Gasteiger partial charge in [0.2, 0.25) is 0 Å². The highest BCUT2D eigenvalue weighted by atomic mass is 127. The van der Waals surface area contributed by atoms with Crippen molar-refractivity contribution in [2.45, 2.75) is 46.2 Å². The van der Waals surface area contributed by atoms with Crippen LogP contribution in [0, 0.1) is 0 Å². The standard InChI is InChI=1S/C7H5F3.C5H10.C4H8.C2H5I/c8-7(9,10)6-4-2-1-3-5-6;1-3-5-4-2;1-3-4-2;1-2-3/h1-5H;3H,1,4-5H2,2H3;3H,1,4H2,2H3;2H2,1H3. The molecule has 0 unspecified atom stereocenters. The molecule has 0 nitrogen and oxygen atoms in total. The summed E-state index contributed by atoms with van der Waals surface area (Å²) in [7, 11) is 0. The number of alkyl halides is 4. The van der Waals surface area contributed by atoms with Crippen LogP contribution in [0.4, 0.5) is 13.2 Å². The topological polar surface area (TPSA) is 0 Å². The Morgan fingerprint density at radius 3 is 1.55 bits per heavy atom. The molecule has 0 radical (unpaired) electrons. The maximum Gasteiger partial charge on any atom is 0.416 e. The molecule has 0 aliphatic carbocycles. The fourth-order valence-corrected chi connectivity index (χ4v) is 0.831. The lowest BCUT2D eigenvalue weighted by Gasteiger charge is -2.03. The molecule has 0 saturated carbocycles. The van der Waals surface area contributed by atoms with Gasteiger partial charge in [-0.05, 0) is 17.3 Å². The molecule has 128 valence electrons. The molecule has 0 bridgehead atoms. The normalized spacial score (nSPS) is 8.86. The number of hydrogen-bond acceptors (Lipinski definition) is 0. The lowest BCUT2D eigenvalue weighted by atomic mass is 10.2. The highest BCUT2D eigenvalue weighted by Crippen LogP contribution is 2.28. The van der Waals surface area contributed by atoms with Crippen molar-refractivity contribution in [3.63, 3.8) is 0 Å². The highest BCUT2D eigenvalue weighted by molar-refractivity contribution is 14.1. The summed E-state index contributed by atoms with van der Waals surface area (Å²) in [5, 5.41) is 0. The lowest BCUT2D eigenvalue weighted by molar-refractivity contribution is -0.137. The number of unbranched alkanes of at least 4 members (excludes halogenated alkanes) is 1. The van der Waals surface area contributed by atoms with Gasteiger partial charge < -0.3 is 0 Å². The average molecular weight is 428 g/mol. The predicted molar refractivity (Wildman–Crippen MR) is 102 cm³/mol. The lowest BCUT2D eigenvalue weighted by Crippen LogP contribution is -2.03. The largest absolute Gasteiger partial charge is 0.416 e. The number of allylic oxidation sites excluding steroid dienone is 2. The molecule has 0 aliphatic heterocycles. The zero-order valence-corrected chi connectivity index (χ0v) is 16.0. The number of hydrogen-bond donors (Lipinski definition) is 0.